The fourth-order valence-corrected chi connectivity index (χ4v) is 5.13. The van der Waals surface area contributed by atoms with Gasteiger partial charge in [-0.3, -0.25) is 4.79 Å². The van der Waals surface area contributed by atoms with E-state index in [2.05, 4.69) is 19.2 Å². The molecule has 3 rings (SSSR count). The average Bonchev–Trinajstić information content (AvgIpc) is 2.68. The van der Waals surface area contributed by atoms with Crippen molar-refractivity contribution in [2.45, 2.75) is 37.5 Å². The van der Waals surface area contributed by atoms with Crippen LogP contribution in [0.2, 0.25) is 0 Å². The van der Waals surface area contributed by atoms with Crippen molar-refractivity contribution in [3.8, 4) is 0 Å². The van der Waals surface area contributed by atoms with Crippen molar-refractivity contribution in [1.29, 1.82) is 0 Å². The second-order valence-corrected chi connectivity index (χ2v) is 9.42. The predicted octanol–water partition coefficient (Wildman–Crippen LogP) is 1.64. The molecule has 0 aromatic heterocycles. The molecule has 1 amide bonds. The van der Waals surface area contributed by atoms with Gasteiger partial charge in [0.15, 0.2) is 0 Å². The first-order valence-corrected chi connectivity index (χ1v) is 10.9. The largest absolute Gasteiger partial charge is 0.340 e. The van der Waals surface area contributed by atoms with Crippen molar-refractivity contribution in [1.82, 2.24) is 14.5 Å². The number of sulfonamides is 1. The highest BCUT2D eigenvalue weighted by atomic mass is 32.2. The van der Waals surface area contributed by atoms with E-state index in [-0.39, 0.29) is 11.8 Å². The van der Waals surface area contributed by atoms with E-state index in [0.29, 0.717) is 36.7 Å². The molecule has 2 aliphatic rings. The highest BCUT2D eigenvalue weighted by molar-refractivity contribution is 7.89. The topological polar surface area (TPSA) is 69.7 Å². The number of nitrogens with one attached hydrogen (secondary N) is 1. The molecule has 0 spiro atoms. The highest BCUT2D eigenvalue weighted by Crippen LogP contribution is 2.26. The maximum absolute atomic E-state index is 12.9. The summed E-state index contributed by atoms with van der Waals surface area (Å²) in [6.07, 6.45) is 1.21. The number of piperidine rings is 1. The van der Waals surface area contributed by atoms with Gasteiger partial charge in [-0.2, -0.15) is 4.31 Å². The number of benzene rings is 1. The van der Waals surface area contributed by atoms with Crippen molar-refractivity contribution in [3.63, 3.8) is 0 Å². The number of carbonyl (C=O) groups is 1. The van der Waals surface area contributed by atoms with Crippen LogP contribution in [0.5, 0.6) is 0 Å². The smallest absolute Gasteiger partial charge is 0.243 e. The number of nitrogens with zero attached hydrogens (tertiary/aromatic N) is 2. The van der Waals surface area contributed by atoms with Crippen LogP contribution in [0.15, 0.2) is 29.2 Å². The molecule has 0 aliphatic carbocycles. The van der Waals surface area contributed by atoms with Crippen LogP contribution < -0.4 is 5.32 Å². The Morgan fingerprint density at radius 3 is 2.15 bits per heavy atom. The number of hydrogen-bond donors (Lipinski definition) is 1. The van der Waals surface area contributed by atoms with E-state index in [1.165, 1.54) is 4.31 Å². The number of hydrogen-bond acceptors (Lipinski definition) is 4. The van der Waals surface area contributed by atoms with Crippen LogP contribution in [-0.2, 0) is 14.8 Å². The molecule has 144 valence electrons. The Bertz CT molecular complexity index is 717. The molecule has 7 heteroatoms. The minimum Gasteiger partial charge on any atom is -0.340 e. The van der Waals surface area contributed by atoms with Crippen LogP contribution in [0.4, 0.5) is 0 Å². The van der Waals surface area contributed by atoms with Crippen LogP contribution in [0.25, 0.3) is 0 Å². The van der Waals surface area contributed by atoms with Gasteiger partial charge in [0.1, 0.15) is 0 Å². The number of amides is 1. The van der Waals surface area contributed by atoms with E-state index in [1.54, 1.807) is 12.1 Å². The molecular formula is C19H29N3O3S. The van der Waals surface area contributed by atoms with Gasteiger partial charge in [-0.25, -0.2) is 8.42 Å². The molecule has 0 atom stereocenters. The van der Waals surface area contributed by atoms with Crippen LogP contribution >= 0.6 is 0 Å². The van der Waals surface area contributed by atoms with Gasteiger partial charge in [0.25, 0.3) is 0 Å². The Balaban J connectivity index is 1.62. The van der Waals surface area contributed by atoms with Gasteiger partial charge in [-0.1, -0.05) is 26.0 Å². The Kier molecular flexibility index (Phi) is 5.99. The van der Waals surface area contributed by atoms with Gasteiger partial charge in [-0.05, 0) is 36.5 Å². The first-order valence-electron chi connectivity index (χ1n) is 9.49. The number of piperazine rings is 1. The molecule has 0 unspecified atom stereocenters. The van der Waals surface area contributed by atoms with E-state index >= 15 is 0 Å². The molecule has 0 saturated carbocycles. The Labute approximate surface area is 156 Å². The lowest BCUT2D eigenvalue weighted by molar-refractivity contribution is -0.137. The van der Waals surface area contributed by atoms with Gasteiger partial charge in [0, 0.05) is 45.2 Å². The zero-order chi connectivity index (χ0) is 18.7. The number of rotatable bonds is 4. The third kappa shape index (κ3) is 4.10. The Morgan fingerprint density at radius 1 is 1.04 bits per heavy atom. The second-order valence-electron chi connectivity index (χ2n) is 7.48. The molecular weight excluding hydrogens is 350 g/mol. The third-order valence-electron chi connectivity index (χ3n) is 5.42. The van der Waals surface area contributed by atoms with E-state index in [0.717, 1.165) is 31.7 Å². The first kappa shape index (κ1) is 19.3. The van der Waals surface area contributed by atoms with Crippen molar-refractivity contribution in [2.24, 2.45) is 5.92 Å². The fraction of sp³-hybridized carbons (Fsp3) is 0.632. The van der Waals surface area contributed by atoms with Crippen molar-refractivity contribution >= 4 is 15.9 Å². The summed E-state index contributed by atoms with van der Waals surface area (Å²) in [5.74, 6) is 0.506. The van der Waals surface area contributed by atoms with Gasteiger partial charge in [-0.15, -0.1) is 0 Å². The molecule has 6 nitrogen and oxygen atoms in total. The molecule has 0 bridgehead atoms. The SMILES string of the molecule is CC(C)c1ccc(S(=O)(=O)N2CCC(C(=O)N3CCNCC3)CC2)cc1. The Morgan fingerprint density at radius 2 is 1.62 bits per heavy atom. The molecule has 2 heterocycles. The zero-order valence-corrected chi connectivity index (χ0v) is 16.5. The van der Waals surface area contributed by atoms with Crippen LogP contribution in [0.1, 0.15) is 38.2 Å². The summed E-state index contributed by atoms with van der Waals surface area (Å²) in [6, 6.07) is 7.17. The predicted molar refractivity (Wildman–Crippen MR) is 101 cm³/mol. The van der Waals surface area contributed by atoms with Crippen molar-refractivity contribution in [2.75, 3.05) is 39.3 Å². The lowest BCUT2D eigenvalue weighted by atomic mass is 9.96. The molecule has 26 heavy (non-hydrogen) atoms. The summed E-state index contributed by atoms with van der Waals surface area (Å²) in [5, 5.41) is 3.25. The molecule has 0 radical (unpaired) electrons. The van der Waals surface area contributed by atoms with E-state index < -0.39 is 10.0 Å². The molecule has 1 aromatic rings. The quantitative estimate of drug-likeness (QED) is 0.864. The van der Waals surface area contributed by atoms with E-state index in [1.807, 2.05) is 17.0 Å². The summed E-state index contributed by atoms with van der Waals surface area (Å²) in [7, 11) is -3.48. The van der Waals surface area contributed by atoms with Gasteiger partial charge in [0.2, 0.25) is 15.9 Å². The molecule has 2 saturated heterocycles. The lowest BCUT2D eigenvalue weighted by Crippen LogP contribution is -2.50. The maximum Gasteiger partial charge on any atom is 0.243 e. The highest BCUT2D eigenvalue weighted by Gasteiger charge is 2.34. The van der Waals surface area contributed by atoms with Gasteiger partial charge >= 0.3 is 0 Å². The van der Waals surface area contributed by atoms with E-state index in [9.17, 15) is 13.2 Å². The zero-order valence-electron chi connectivity index (χ0n) is 15.6. The molecule has 1 aromatic carbocycles. The minimum absolute atomic E-state index is 0.0529. The van der Waals surface area contributed by atoms with Gasteiger partial charge in [0.05, 0.1) is 4.90 Å². The molecule has 2 fully saturated rings. The van der Waals surface area contributed by atoms with Crippen LogP contribution in [-0.4, -0.2) is 62.8 Å². The summed E-state index contributed by atoms with van der Waals surface area (Å²) in [6.45, 7) is 8.18. The van der Waals surface area contributed by atoms with Crippen molar-refractivity contribution in [3.05, 3.63) is 29.8 Å². The first-order chi connectivity index (χ1) is 12.4. The Hall–Kier alpha value is -1.44. The van der Waals surface area contributed by atoms with Crippen molar-refractivity contribution < 1.29 is 13.2 Å². The summed E-state index contributed by atoms with van der Waals surface area (Å²) >= 11 is 0. The monoisotopic (exact) mass is 379 g/mol. The average molecular weight is 380 g/mol. The fourth-order valence-electron chi connectivity index (χ4n) is 3.66. The third-order valence-corrected chi connectivity index (χ3v) is 7.33. The summed E-state index contributed by atoms with van der Waals surface area (Å²) < 4.78 is 27.3. The minimum atomic E-state index is -3.48. The molecule has 2 aliphatic heterocycles. The second kappa shape index (κ2) is 8.06. The summed E-state index contributed by atoms with van der Waals surface area (Å²) in [5.41, 5.74) is 1.13. The van der Waals surface area contributed by atoms with Crippen LogP contribution in [0.3, 0.4) is 0 Å². The summed E-state index contributed by atoms with van der Waals surface area (Å²) in [4.78, 5) is 14.9. The normalized spacial score (nSPS) is 20.5. The van der Waals surface area contributed by atoms with Crippen LogP contribution in [0, 0.1) is 5.92 Å². The standard InChI is InChI=1S/C19H29N3O3S/c1-15(2)16-3-5-18(6-4-16)26(24,25)22-11-7-17(8-12-22)19(23)21-13-9-20-10-14-21/h3-6,15,17,20H,7-14H2,1-2H3. The van der Waals surface area contributed by atoms with E-state index in [4.69, 9.17) is 0 Å². The number of carbonyl (C=O) groups excluding carboxylic acids is 1. The maximum atomic E-state index is 12.9. The molecule has 1 N–H and O–H groups in total. The lowest BCUT2D eigenvalue weighted by Gasteiger charge is -2.35. The van der Waals surface area contributed by atoms with Gasteiger partial charge < -0.3 is 10.2 Å².